The molecule has 0 radical (unpaired) electrons. The van der Waals surface area contributed by atoms with Crippen LogP contribution < -0.4 is 0 Å². The number of carbonyl (C=O) groups is 1. The van der Waals surface area contributed by atoms with Gasteiger partial charge in [-0.2, -0.15) is 0 Å². The molecule has 2 aromatic carbocycles. The Bertz CT molecular complexity index is 992. The summed E-state index contributed by atoms with van der Waals surface area (Å²) in [7, 11) is 0. The van der Waals surface area contributed by atoms with E-state index in [1.54, 1.807) is 29.4 Å². The fraction of sp³-hybridized carbons (Fsp3) is 0.375. The summed E-state index contributed by atoms with van der Waals surface area (Å²) in [5, 5.41) is 1.14. The normalized spacial score (nSPS) is 22.5. The van der Waals surface area contributed by atoms with Gasteiger partial charge in [-0.1, -0.05) is 61.3 Å². The molecule has 0 bridgehead atoms. The predicted molar refractivity (Wildman–Crippen MR) is 118 cm³/mol. The van der Waals surface area contributed by atoms with E-state index in [0.29, 0.717) is 22.0 Å². The van der Waals surface area contributed by atoms with Crippen molar-refractivity contribution in [3.63, 3.8) is 0 Å². The average molecular weight is 448 g/mol. The topological polar surface area (TPSA) is 29.5 Å². The maximum Gasteiger partial charge on any atom is 0.225 e. The molecule has 2 heterocycles. The average Bonchev–Trinajstić information content (AvgIpc) is 3.08. The summed E-state index contributed by atoms with van der Waals surface area (Å²) in [5.74, 6) is -0.122. The van der Waals surface area contributed by atoms with Gasteiger partial charge in [-0.05, 0) is 47.4 Å². The maximum absolute atomic E-state index is 15.2. The molecule has 0 saturated carbocycles. The molecule has 1 unspecified atom stereocenters. The van der Waals surface area contributed by atoms with Gasteiger partial charge in [0.05, 0.1) is 19.4 Å². The van der Waals surface area contributed by atoms with Gasteiger partial charge in [0, 0.05) is 22.4 Å². The van der Waals surface area contributed by atoms with Crippen molar-refractivity contribution in [1.82, 2.24) is 4.90 Å². The molecule has 1 amide bonds. The van der Waals surface area contributed by atoms with Crippen LogP contribution in [0, 0.1) is 5.92 Å². The highest BCUT2D eigenvalue weighted by molar-refractivity contribution is 6.34. The van der Waals surface area contributed by atoms with Crippen molar-refractivity contribution in [3.05, 3.63) is 75.5 Å². The molecule has 1 saturated heterocycles. The third kappa shape index (κ3) is 3.83. The minimum atomic E-state index is -1.48. The van der Waals surface area contributed by atoms with E-state index in [1.165, 1.54) is 0 Å². The van der Waals surface area contributed by atoms with Gasteiger partial charge >= 0.3 is 0 Å². The molecule has 30 heavy (non-hydrogen) atoms. The Morgan fingerprint density at radius 2 is 1.67 bits per heavy atom. The van der Waals surface area contributed by atoms with Crippen molar-refractivity contribution in [1.29, 1.82) is 0 Å². The second-order valence-corrected chi connectivity index (χ2v) is 9.59. The second-order valence-electron chi connectivity index (χ2n) is 8.72. The Morgan fingerprint density at radius 3 is 2.23 bits per heavy atom. The van der Waals surface area contributed by atoms with E-state index in [1.807, 2.05) is 45.0 Å². The number of hydrogen-bond donors (Lipinski definition) is 0. The van der Waals surface area contributed by atoms with E-state index < -0.39 is 11.3 Å². The first-order valence-corrected chi connectivity index (χ1v) is 10.8. The Labute approximate surface area is 186 Å². The highest BCUT2D eigenvalue weighted by Gasteiger charge is 2.47. The molecule has 4 rings (SSSR count). The van der Waals surface area contributed by atoms with Gasteiger partial charge in [0.25, 0.3) is 0 Å². The largest absolute Gasteiger partial charge is 0.490 e. The first-order valence-electron chi connectivity index (χ1n) is 10.0. The number of nitrogens with zero attached hydrogens (tertiary/aromatic N) is 1. The summed E-state index contributed by atoms with van der Waals surface area (Å²) in [6.07, 6.45) is 2.40. The van der Waals surface area contributed by atoms with Crippen molar-refractivity contribution < 1.29 is 13.9 Å². The molecule has 2 aliphatic heterocycles. The Kier molecular flexibility index (Phi) is 5.36. The third-order valence-corrected chi connectivity index (χ3v) is 6.36. The number of halogens is 3. The van der Waals surface area contributed by atoms with Crippen LogP contribution in [0.5, 0.6) is 0 Å². The molecule has 0 aliphatic carbocycles. The molecule has 2 aromatic rings. The van der Waals surface area contributed by atoms with Crippen LogP contribution in [0.2, 0.25) is 10.0 Å². The van der Waals surface area contributed by atoms with Crippen LogP contribution >= 0.6 is 23.2 Å². The smallest absolute Gasteiger partial charge is 0.225 e. The molecular formula is C24H24Cl2FNO2. The molecule has 3 nitrogen and oxygen atoms in total. The lowest BCUT2D eigenvalue weighted by Gasteiger charge is -2.45. The summed E-state index contributed by atoms with van der Waals surface area (Å²) >= 11 is 12.3. The summed E-state index contributed by atoms with van der Waals surface area (Å²) in [4.78, 5) is 13.6. The fourth-order valence-electron chi connectivity index (χ4n) is 4.09. The Morgan fingerprint density at radius 1 is 1.07 bits per heavy atom. The number of rotatable bonds is 4. The van der Waals surface area contributed by atoms with Crippen molar-refractivity contribution in [2.24, 2.45) is 5.92 Å². The molecular weight excluding hydrogens is 424 g/mol. The van der Waals surface area contributed by atoms with Gasteiger partial charge in [0.1, 0.15) is 5.60 Å². The lowest BCUT2D eigenvalue weighted by molar-refractivity contribution is -0.149. The Hall–Kier alpha value is -2.04. The van der Waals surface area contributed by atoms with Gasteiger partial charge in [-0.15, -0.1) is 0 Å². The highest BCUT2D eigenvalue weighted by atomic mass is 35.5. The first-order chi connectivity index (χ1) is 14.1. The van der Waals surface area contributed by atoms with Gasteiger partial charge in [0.15, 0.2) is 5.67 Å². The summed E-state index contributed by atoms with van der Waals surface area (Å²) < 4.78 is 21.2. The molecule has 0 spiro atoms. The molecule has 158 valence electrons. The third-order valence-electron chi connectivity index (χ3n) is 5.92. The van der Waals surface area contributed by atoms with Crippen LogP contribution in [-0.2, 0) is 20.8 Å². The molecule has 1 atom stereocenters. The number of amides is 1. The second kappa shape index (κ2) is 7.58. The van der Waals surface area contributed by atoms with E-state index in [-0.39, 0.29) is 24.9 Å². The Balaban J connectivity index is 1.46. The molecule has 0 N–H and O–H groups in total. The van der Waals surface area contributed by atoms with Crippen LogP contribution in [0.1, 0.15) is 43.9 Å². The van der Waals surface area contributed by atoms with Gasteiger partial charge in [0.2, 0.25) is 5.91 Å². The number of hydrogen-bond acceptors (Lipinski definition) is 2. The zero-order valence-electron chi connectivity index (χ0n) is 17.2. The van der Waals surface area contributed by atoms with Crippen molar-refractivity contribution in [2.45, 2.75) is 38.5 Å². The first kappa shape index (κ1) is 21.2. The SMILES string of the molecule is CC(C)C(=O)N1CC(F)(c2ccc(C3=COC(C)(c4cc(Cl)cc(Cl)c4)C3)cc2)C1. The number of ether oxygens (including phenoxy) is 1. The number of likely N-dealkylation sites (tertiary alicyclic amines) is 1. The molecule has 2 aliphatic rings. The van der Waals surface area contributed by atoms with Gasteiger partial charge < -0.3 is 9.64 Å². The molecule has 1 fully saturated rings. The van der Waals surface area contributed by atoms with E-state index in [2.05, 4.69) is 0 Å². The fourth-order valence-corrected chi connectivity index (χ4v) is 4.62. The van der Waals surface area contributed by atoms with E-state index in [0.717, 1.165) is 16.7 Å². The van der Waals surface area contributed by atoms with Crippen molar-refractivity contribution in [3.8, 4) is 0 Å². The minimum absolute atomic E-state index is 0.00596. The van der Waals surface area contributed by atoms with E-state index in [9.17, 15) is 4.79 Å². The predicted octanol–water partition coefficient (Wildman–Crippen LogP) is 6.33. The lowest BCUT2D eigenvalue weighted by atomic mass is 9.85. The van der Waals surface area contributed by atoms with E-state index in [4.69, 9.17) is 27.9 Å². The van der Waals surface area contributed by atoms with Gasteiger partial charge in [-0.3, -0.25) is 4.79 Å². The minimum Gasteiger partial charge on any atom is -0.490 e. The van der Waals surface area contributed by atoms with Crippen LogP contribution in [0.4, 0.5) is 4.39 Å². The zero-order chi connectivity index (χ0) is 21.7. The number of alkyl halides is 1. The van der Waals surface area contributed by atoms with Crippen LogP contribution in [0.3, 0.4) is 0 Å². The zero-order valence-corrected chi connectivity index (χ0v) is 18.7. The summed E-state index contributed by atoms with van der Waals surface area (Å²) in [5.41, 5.74) is 1.48. The maximum atomic E-state index is 15.2. The summed E-state index contributed by atoms with van der Waals surface area (Å²) in [6.45, 7) is 5.89. The van der Waals surface area contributed by atoms with Crippen LogP contribution in [-0.4, -0.2) is 23.9 Å². The lowest BCUT2D eigenvalue weighted by Crippen LogP contribution is -2.59. The summed E-state index contributed by atoms with van der Waals surface area (Å²) in [6, 6.07) is 12.9. The van der Waals surface area contributed by atoms with Crippen molar-refractivity contribution >= 4 is 34.7 Å². The van der Waals surface area contributed by atoms with Crippen LogP contribution in [0.15, 0.2) is 48.7 Å². The number of carbonyl (C=O) groups excluding carboxylic acids is 1. The highest BCUT2D eigenvalue weighted by Crippen LogP contribution is 2.44. The van der Waals surface area contributed by atoms with Crippen molar-refractivity contribution in [2.75, 3.05) is 13.1 Å². The monoisotopic (exact) mass is 447 g/mol. The van der Waals surface area contributed by atoms with Crippen LogP contribution in [0.25, 0.3) is 5.57 Å². The van der Waals surface area contributed by atoms with Gasteiger partial charge in [-0.25, -0.2) is 4.39 Å². The molecule has 0 aromatic heterocycles. The van der Waals surface area contributed by atoms with E-state index >= 15 is 4.39 Å². The standard InChI is InChI=1S/C24H24Cl2FNO2/c1-15(2)22(29)28-13-24(27,14-28)18-6-4-16(5-7-18)17-11-23(3,30-12-17)19-8-20(25)10-21(26)9-19/h4-10,12,15H,11,13-14H2,1-3H3. The number of benzene rings is 2. The quantitative estimate of drug-likeness (QED) is 0.547. The molecule has 6 heteroatoms.